The van der Waals surface area contributed by atoms with Gasteiger partial charge in [0.15, 0.2) is 0 Å². The Morgan fingerprint density at radius 1 is 1.13 bits per heavy atom. The third kappa shape index (κ3) is 6.67. The molecule has 2 aliphatic rings. The van der Waals surface area contributed by atoms with Crippen LogP contribution in [0.1, 0.15) is 40.0 Å². The minimum Gasteiger partial charge on any atom is -0.395 e. The van der Waals surface area contributed by atoms with Crippen LogP contribution in [-0.2, 0) is 4.74 Å². The molecule has 1 aliphatic carbocycles. The molecule has 1 saturated heterocycles. The van der Waals surface area contributed by atoms with Crippen LogP contribution in [0.4, 0.5) is 0 Å². The number of nitrogens with zero attached hydrogens (tertiary/aromatic N) is 2. The van der Waals surface area contributed by atoms with E-state index in [-0.39, 0.29) is 6.61 Å². The van der Waals surface area contributed by atoms with Crippen molar-refractivity contribution in [1.29, 1.82) is 0 Å². The predicted octanol–water partition coefficient (Wildman–Crippen LogP) is 1.19. The van der Waals surface area contributed by atoms with Crippen LogP contribution in [0.3, 0.4) is 0 Å². The topological polar surface area (TPSA) is 56.2 Å². The molecule has 1 saturated carbocycles. The van der Waals surface area contributed by atoms with Gasteiger partial charge in [-0.2, -0.15) is 0 Å². The van der Waals surface area contributed by atoms with Crippen molar-refractivity contribution in [3.63, 3.8) is 0 Å². The van der Waals surface area contributed by atoms with Gasteiger partial charge in [0, 0.05) is 39.3 Å². The fraction of sp³-hybridized carbons (Fsp3) is 1.00. The second-order valence-corrected chi connectivity index (χ2v) is 8.39. The van der Waals surface area contributed by atoms with Crippen LogP contribution in [0.2, 0.25) is 0 Å². The van der Waals surface area contributed by atoms with Gasteiger partial charge < -0.3 is 14.9 Å². The van der Waals surface area contributed by atoms with Crippen LogP contribution in [0.15, 0.2) is 0 Å². The molecule has 0 spiro atoms. The molecule has 3 unspecified atom stereocenters. The molecule has 2 rings (SSSR count). The molecular weight excluding hydrogens is 292 g/mol. The maximum absolute atomic E-state index is 10.3. The zero-order valence-corrected chi connectivity index (χ0v) is 15.2. The van der Waals surface area contributed by atoms with Crippen LogP contribution < -0.4 is 0 Å². The molecule has 23 heavy (non-hydrogen) atoms. The maximum Gasteiger partial charge on any atom is 0.0900 e. The molecule has 1 heterocycles. The van der Waals surface area contributed by atoms with Crippen molar-refractivity contribution in [2.45, 2.75) is 52.2 Å². The SMILES string of the molecule is CC1CC(OCC(O)CN2CCN(CCO)CC2)CC(C)(C)C1. The van der Waals surface area contributed by atoms with Gasteiger partial charge >= 0.3 is 0 Å². The third-order valence-electron chi connectivity index (χ3n) is 5.22. The van der Waals surface area contributed by atoms with Gasteiger partial charge in [0.1, 0.15) is 0 Å². The fourth-order valence-corrected chi connectivity index (χ4v) is 4.32. The molecule has 0 aromatic heterocycles. The van der Waals surface area contributed by atoms with Crippen LogP contribution in [-0.4, -0.2) is 84.7 Å². The van der Waals surface area contributed by atoms with Crippen molar-refractivity contribution < 1.29 is 14.9 Å². The first-order valence-electron chi connectivity index (χ1n) is 9.23. The third-order valence-corrected chi connectivity index (χ3v) is 5.22. The lowest BCUT2D eigenvalue weighted by atomic mass is 9.71. The second-order valence-electron chi connectivity index (χ2n) is 8.39. The van der Waals surface area contributed by atoms with E-state index in [4.69, 9.17) is 9.84 Å². The Bertz CT molecular complexity index is 343. The van der Waals surface area contributed by atoms with E-state index in [0.29, 0.717) is 30.6 Å². The number of β-amino-alcohol motifs (C(OH)–C–C–N with tert-alkyl or cyclic N) is 2. The maximum atomic E-state index is 10.3. The van der Waals surface area contributed by atoms with Crippen molar-refractivity contribution in [2.75, 3.05) is 52.5 Å². The van der Waals surface area contributed by atoms with E-state index >= 15 is 0 Å². The van der Waals surface area contributed by atoms with Gasteiger partial charge in [0.2, 0.25) is 0 Å². The summed E-state index contributed by atoms with van der Waals surface area (Å²) in [6.07, 6.45) is 3.39. The number of piperazine rings is 1. The first-order valence-corrected chi connectivity index (χ1v) is 9.23. The summed E-state index contributed by atoms with van der Waals surface area (Å²) in [7, 11) is 0. The van der Waals surface area contributed by atoms with E-state index in [9.17, 15) is 5.11 Å². The Kier molecular flexibility index (Phi) is 7.29. The first-order chi connectivity index (χ1) is 10.9. The quantitative estimate of drug-likeness (QED) is 0.735. The Morgan fingerprint density at radius 3 is 2.39 bits per heavy atom. The number of hydrogen-bond donors (Lipinski definition) is 2. The number of aliphatic hydroxyl groups is 2. The average Bonchev–Trinajstić information content (AvgIpc) is 2.45. The molecule has 2 N–H and O–H groups in total. The summed E-state index contributed by atoms with van der Waals surface area (Å²) in [5, 5.41) is 19.2. The Morgan fingerprint density at radius 2 is 1.78 bits per heavy atom. The standard InChI is InChI=1S/C18H36N2O3/c1-15-10-17(12-18(2,3)11-15)23-14-16(22)13-20-6-4-19(5-7-20)8-9-21/h15-17,21-22H,4-14H2,1-3H3. The minimum atomic E-state index is -0.403. The van der Waals surface area contributed by atoms with E-state index in [1.807, 2.05) is 0 Å². The van der Waals surface area contributed by atoms with Crippen molar-refractivity contribution in [2.24, 2.45) is 11.3 Å². The molecule has 136 valence electrons. The van der Waals surface area contributed by atoms with E-state index in [0.717, 1.165) is 45.6 Å². The summed E-state index contributed by atoms with van der Waals surface area (Å²) in [4.78, 5) is 4.57. The number of hydrogen-bond acceptors (Lipinski definition) is 5. The van der Waals surface area contributed by atoms with Gasteiger partial charge in [-0.25, -0.2) is 0 Å². The summed E-state index contributed by atoms with van der Waals surface area (Å²) < 4.78 is 6.03. The lowest BCUT2D eigenvalue weighted by Crippen LogP contribution is -2.49. The number of aliphatic hydroxyl groups excluding tert-OH is 2. The molecule has 5 heteroatoms. The van der Waals surface area contributed by atoms with Crippen LogP contribution >= 0.6 is 0 Å². The van der Waals surface area contributed by atoms with Gasteiger partial charge in [-0.15, -0.1) is 0 Å². The van der Waals surface area contributed by atoms with Crippen molar-refractivity contribution in [3.05, 3.63) is 0 Å². The highest BCUT2D eigenvalue weighted by Gasteiger charge is 2.32. The molecule has 0 bridgehead atoms. The summed E-state index contributed by atoms with van der Waals surface area (Å²) in [5.74, 6) is 0.709. The summed E-state index contributed by atoms with van der Waals surface area (Å²) in [6.45, 7) is 13.0. The monoisotopic (exact) mass is 328 g/mol. The highest BCUT2D eigenvalue weighted by Crippen LogP contribution is 2.39. The lowest BCUT2D eigenvalue weighted by molar-refractivity contribution is -0.0634. The highest BCUT2D eigenvalue weighted by atomic mass is 16.5. The Balaban J connectivity index is 1.64. The zero-order valence-electron chi connectivity index (χ0n) is 15.2. The predicted molar refractivity (Wildman–Crippen MR) is 92.5 cm³/mol. The van der Waals surface area contributed by atoms with Crippen molar-refractivity contribution in [3.8, 4) is 0 Å². The van der Waals surface area contributed by atoms with E-state index < -0.39 is 6.10 Å². The molecule has 1 aliphatic heterocycles. The number of ether oxygens (including phenoxy) is 1. The van der Waals surface area contributed by atoms with Gasteiger partial charge in [-0.3, -0.25) is 9.80 Å². The molecule has 5 nitrogen and oxygen atoms in total. The van der Waals surface area contributed by atoms with Crippen molar-refractivity contribution >= 4 is 0 Å². The van der Waals surface area contributed by atoms with Gasteiger partial charge in [0.05, 0.1) is 25.4 Å². The molecule has 0 aromatic carbocycles. The fourth-order valence-electron chi connectivity index (χ4n) is 4.32. The molecule has 0 radical (unpaired) electrons. The highest BCUT2D eigenvalue weighted by molar-refractivity contribution is 4.83. The molecule has 0 aromatic rings. The first kappa shape index (κ1) is 19.1. The molecular formula is C18H36N2O3. The zero-order chi connectivity index (χ0) is 16.9. The van der Waals surface area contributed by atoms with E-state index in [2.05, 4.69) is 30.6 Å². The van der Waals surface area contributed by atoms with Crippen molar-refractivity contribution in [1.82, 2.24) is 9.80 Å². The largest absolute Gasteiger partial charge is 0.395 e. The average molecular weight is 328 g/mol. The van der Waals surface area contributed by atoms with Crippen LogP contribution in [0.25, 0.3) is 0 Å². The normalized spacial score (nSPS) is 31.2. The Labute approximate surface area is 141 Å². The van der Waals surface area contributed by atoms with E-state index in [1.165, 1.54) is 6.42 Å². The number of rotatable bonds is 7. The van der Waals surface area contributed by atoms with Crippen LogP contribution in [0, 0.1) is 11.3 Å². The molecule has 2 fully saturated rings. The summed E-state index contributed by atoms with van der Waals surface area (Å²) in [6, 6.07) is 0. The van der Waals surface area contributed by atoms with E-state index in [1.54, 1.807) is 0 Å². The summed E-state index contributed by atoms with van der Waals surface area (Å²) >= 11 is 0. The lowest BCUT2D eigenvalue weighted by Gasteiger charge is -2.39. The molecule has 0 amide bonds. The van der Waals surface area contributed by atoms with Crippen LogP contribution in [0.5, 0.6) is 0 Å². The molecule has 3 atom stereocenters. The minimum absolute atomic E-state index is 0.229. The second kappa shape index (κ2) is 8.77. The Hall–Kier alpha value is -0.200. The van der Waals surface area contributed by atoms with Gasteiger partial charge in [-0.05, 0) is 30.6 Å². The smallest absolute Gasteiger partial charge is 0.0900 e. The van der Waals surface area contributed by atoms with Gasteiger partial charge in [0.25, 0.3) is 0 Å². The van der Waals surface area contributed by atoms with Gasteiger partial charge in [-0.1, -0.05) is 20.8 Å². The summed E-state index contributed by atoms with van der Waals surface area (Å²) in [5.41, 5.74) is 0.357.